The standard InChI is InChI=1S/C23H26BrNO3S/c1-28-22-7-6-20(13-21(22)24)29(26,27)25-19-4-2-16(3-5-19)23-17-9-14-8-15(11-17)12-18(23)10-14/h2-7,13-15,17-18,23,25H,8-12H2,1H3. The van der Waals surface area contributed by atoms with E-state index < -0.39 is 10.0 Å². The van der Waals surface area contributed by atoms with Crippen LogP contribution in [0.4, 0.5) is 5.69 Å². The molecule has 0 amide bonds. The highest BCUT2D eigenvalue weighted by molar-refractivity contribution is 9.10. The minimum atomic E-state index is -3.65. The van der Waals surface area contributed by atoms with E-state index in [2.05, 4.69) is 32.8 Å². The van der Waals surface area contributed by atoms with Crippen LogP contribution in [0.3, 0.4) is 0 Å². The molecule has 4 fully saturated rings. The summed E-state index contributed by atoms with van der Waals surface area (Å²) >= 11 is 3.35. The number of methoxy groups -OCH3 is 1. The molecule has 4 aliphatic carbocycles. The zero-order valence-corrected chi connectivity index (χ0v) is 18.9. The summed E-state index contributed by atoms with van der Waals surface area (Å²) in [5.74, 6) is 4.83. The molecule has 0 radical (unpaired) electrons. The maximum Gasteiger partial charge on any atom is 0.261 e. The summed E-state index contributed by atoms with van der Waals surface area (Å²) in [6, 6.07) is 12.9. The van der Waals surface area contributed by atoms with Gasteiger partial charge in [-0.2, -0.15) is 0 Å². The smallest absolute Gasteiger partial charge is 0.261 e. The molecule has 4 bridgehead atoms. The van der Waals surface area contributed by atoms with Crippen molar-refractivity contribution in [3.05, 3.63) is 52.5 Å². The second-order valence-corrected chi connectivity index (χ2v) is 11.5. The summed E-state index contributed by atoms with van der Waals surface area (Å²) in [7, 11) is -2.10. The fourth-order valence-electron chi connectivity index (χ4n) is 6.27. The van der Waals surface area contributed by atoms with Crippen molar-refractivity contribution >= 4 is 31.6 Å². The van der Waals surface area contributed by atoms with Crippen LogP contribution < -0.4 is 9.46 Å². The zero-order chi connectivity index (χ0) is 20.2. The van der Waals surface area contributed by atoms with Gasteiger partial charge in [0.05, 0.1) is 16.5 Å². The van der Waals surface area contributed by atoms with Crippen molar-refractivity contribution in [3.63, 3.8) is 0 Å². The van der Waals surface area contributed by atoms with Crippen molar-refractivity contribution in [2.24, 2.45) is 23.7 Å². The third-order valence-electron chi connectivity index (χ3n) is 7.21. The van der Waals surface area contributed by atoms with Gasteiger partial charge in [-0.05, 0) is 114 Å². The van der Waals surface area contributed by atoms with Gasteiger partial charge in [0, 0.05) is 5.69 Å². The molecule has 4 saturated carbocycles. The highest BCUT2D eigenvalue weighted by Gasteiger charge is 2.48. The molecule has 1 N–H and O–H groups in total. The molecule has 0 saturated heterocycles. The average Bonchev–Trinajstić information content (AvgIpc) is 2.68. The first-order valence-electron chi connectivity index (χ1n) is 10.4. The largest absolute Gasteiger partial charge is 0.496 e. The maximum atomic E-state index is 12.8. The van der Waals surface area contributed by atoms with E-state index in [4.69, 9.17) is 4.74 Å². The molecule has 0 aliphatic heterocycles. The summed E-state index contributed by atoms with van der Waals surface area (Å²) in [6.07, 6.45) is 7.01. The monoisotopic (exact) mass is 475 g/mol. The number of hydrogen-bond acceptors (Lipinski definition) is 3. The van der Waals surface area contributed by atoms with E-state index >= 15 is 0 Å². The first-order valence-corrected chi connectivity index (χ1v) is 12.7. The van der Waals surface area contributed by atoms with Crippen LogP contribution in [0.2, 0.25) is 0 Å². The molecule has 6 heteroatoms. The minimum Gasteiger partial charge on any atom is -0.496 e. The lowest BCUT2D eigenvalue weighted by Crippen LogP contribution is -2.43. The van der Waals surface area contributed by atoms with Crippen molar-refractivity contribution in [1.82, 2.24) is 0 Å². The number of anilines is 1. The molecule has 2 aromatic rings. The van der Waals surface area contributed by atoms with Gasteiger partial charge in [-0.25, -0.2) is 8.42 Å². The Morgan fingerprint density at radius 1 is 0.931 bits per heavy atom. The summed E-state index contributed by atoms with van der Waals surface area (Å²) < 4.78 is 34.0. The van der Waals surface area contributed by atoms with Crippen LogP contribution in [0.5, 0.6) is 5.75 Å². The van der Waals surface area contributed by atoms with E-state index in [0.717, 1.165) is 23.7 Å². The molecule has 0 atom stereocenters. The number of nitrogens with one attached hydrogen (secondary N) is 1. The number of halogens is 1. The Bertz CT molecular complexity index is 991. The second kappa shape index (κ2) is 7.31. The van der Waals surface area contributed by atoms with Gasteiger partial charge < -0.3 is 4.74 Å². The Labute approximate surface area is 181 Å². The molecule has 4 nitrogen and oxygen atoms in total. The maximum absolute atomic E-state index is 12.8. The van der Waals surface area contributed by atoms with Crippen LogP contribution in [0.25, 0.3) is 0 Å². The molecule has 6 rings (SSSR count). The molecule has 0 unspecified atom stereocenters. The highest BCUT2D eigenvalue weighted by atomic mass is 79.9. The van der Waals surface area contributed by atoms with Gasteiger partial charge in [-0.15, -0.1) is 0 Å². The average molecular weight is 476 g/mol. The molecule has 0 heterocycles. The van der Waals surface area contributed by atoms with E-state index in [0.29, 0.717) is 21.8 Å². The van der Waals surface area contributed by atoms with E-state index in [1.54, 1.807) is 25.3 Å². The molecule has 29 heavy (non-hydrogen) atoms. The Morgan fingerprint density at radius 2 is 1.55 bits per heavy atom. The first-order chi connectivity index (χ1) is 13.9. The van der Waals surface area contributed by atoms with E-state index in [1.165, 1.54) is 37.7 Å². The molecular formula is C23H26BrNO3S. The van der Waals surface area contributed by atoms with E-state index in [-0.39, 0.29) is 4.90 Å². The van der Waals surface area contributed by atoms with Crippen LogP contribution in [-0.4, -0.2) is 15.5 Å². The van der Waals surface area contributed by atoms with Crippen LogP contribution in [0.15, 0.2) is 51.8 Å². The first kappa shape index (κ1) is 19.4. The van der Waals surface area contributed by atoms with Gasteiger partial charge in [-0.1, -0.05) is 12.1 Å². The Kier molecular flexibility index (Phi) is 4.90. The van der Waals surface area contributed by atoms with Gasteiger partial charge in [0.25, 0.3) is 10.0 Å². The predicted octanol–water partition coefficient (Wildman–Crippen LogP) is 5.80. The number of benzene rings is 2. The lowest BCUT2D eigenvalue weighted by molar-refractivity contribution is -0.00277. The van der Waals surface area contributed by atoms with Gasteiger partial charge in [0.1, 0.15) is 5.75 Å². The van der Waals surface area contributed by atoms with Crippen molar-refractivity contribution in [2.75, 3.05) is 11.8 Å². The third kappa shape index (κ3) is 3.59. The minimum absolute atomic E-state index is 0.204. The molecule has 0 aromatic heterocycles. The Balaban J connectivity index is 1.34. The summed E-state index contributed by atoms with van der Waals surface area (Å²) in [5.41, 5.74) is 1.98. The zero-order valence-electron chi connectivity index (χ0n) is 16.5. The third-order valence-corrected chi connectivity index (χ3v) is 9.21. The molecular weight excluding hydrogens is 450 g/mol. The second-order valence-electron chi connectivity index (χ2n) is 8.98. The number of ether oxygens (including phenoxy) is 1. The molecule has 2 aromatic carbocycles. The van der Waals surface area contributed by atoms with Crippen molar-refractivity contribution in [2.45, 2.75) is 42.9 Å². The van der Waals surface area contributed by atoms with Gasteiger partial charge in [0.2, 0.25) is 0 Å². The normalized spacial score (nSPS) is 30.3. The lowest BCUT2D eigenvalue weighted by Gasteiger charge is -2.54. The number of rotatable bonds is 5. The SMILES string of the molecule is COc1ccc(S(=O)(=O)Nc2ccc(C3C4CC5CC(C4)CC3C5)cc2)cc1Br. The van der Waals surface area contributed by atoms with Crippen LogP contribution in [-0.2, 0) is 10.0 Å². The Hall–Kier alpha value is -1.53. The molecule has 4 aliphatic rings. The fourth-order valence-corrected chi connectivity index (χ4v) is 8.05. The van der Waals surface area contributed by atoms with E-state index in [9.17, 15) is 8.42 Å². The Morgan fingerprint density at radius 3 is 2.10 bits per heavy atom. The van der Waals surface area contributed by atoms with Crippen molar-refractivity contribution in [1.29, 1.82) is 0 Å². The van der Waals surface area contributed by atoms with Crippen LogP contribution >= 0.6 is 15.9 Å². The van der Waals surface area contributed by atoms with E-state index in [1.807, 2.05) is 12.1 Å². The topological polar surface area (TPSA) is 55.4 Å². The van der Waals surface area contributed by atoms with Gasteiger partial charge in [-0.3, -0.25) is 4.72 Å². The summed E-state index contributed by atoms with van der Waals surface area (Å²) in [6.45, 7) is 0. The molecule has 154 valence electrons. The number of sulfonamides is 1. The highest BCUT2D eigenvalue weighted by Crippen LogP contribution is 2.59. The van der Waals surface area contributed by atoms with Crippen LogP contribution in [0, 0.1) is 23.7 Å². The quantitative estimate of drug-likeness (QED) is 0.594. The van der Waals surface area contributed by atoms with Crippen molar-refractivity contribution in [3.8, 4) is 5.75 Å². The number of hydrogen-bond donors (Lipinski definition) is 1. The van der Waals surface area contributed by atoms with Crippen LogP contribution in [0.1, 0.15) is 43.6 Å². The predicted molar refractivity (Wildman–Crippen MR) is 118 cm³/mol. The summed E-state index contributed by atoms with van der Waals surface area (Å²) in [5, 5.41) is 0. The lowest BCUT2D eigenvalue weighted by atomic mass is 9.51. The van der Waals surface area contributed by atoms with Gasteiger partial charge >= 0.3 is 0 Å². The van der Waals surface area contributed by atoms with Gasteiger partial charge in [0.15, 0.2) is 0 Å². The summed E-state index contributed by atoms with van der Waals surface area (Å²) in [4.78, 5) is 0.204. The fraction of sp³-hybridized carbons (Fsp3) is 0.478. The molecule has 0 spiro atoms. The van der Waals surface area contributed by atoms with Crippen molar-refractivity contribution < 1.29 is 13.2 Å².